The molecular weight excluding hydrogens is 604 g/mol. The van der Waals surface area contributed by atoms with Crippen LogP contribution in [0.1, 0.15) is 58.2 Å². The lowest BCUT2D eigenvalue weighted by Crippen LogP contribution is -2.40. The monoisotopic (exact) mass is 646 g/mol. The zero-order valence-electron chi connectivity index (χ0n) is 27.5. The summed E-state index contributed by atoms with van der Waals surface area (Å²) >= 11 is 0. The van der Waals surface area contributed by atoms with E-state index in [-0.39, 0.29) is 25.0 Å². The number of ether oxygens (including phenoxy) is 4. The van der Waals surface area contributed by atoms with E-state index in [1.807, 2.05) is 75.1 Å². The van der Waals surface area contributed by atoms with Gasteiger partial charge in [0, 0.05) is 48.9 Å². The van der Waals surface area contributed by atoms with Crippen molar-refractivity contribution < 1.29 is 28.5 Å². The molecule has 4 heterocycles. The number of aryl methyl sites for hydroxylation is 1. The number of carbonyl (C=O) groups is 2. The fourth-order valence-electron chi connectivity index (χ4n) is 5.75. The van der Waals surface area contributed by atoms with Crippen LogP contribution in [0.25, 0.3) is 22.3 Å². The molecule has 2 fully saturated rings. The van der Waals surface area contributed by atoms with E-state index in [1.54, 1.807) is 16.7 Å². The number of fused-ring (bicyclic) bond motifs is 1. The number of likely N-dealkylation sites (tertiary alicyclic amines) is 1. The summed E-state index contributed by atoms with van der Waals surface area (Å²) in [5.41, 5.74) is 2.75. The van der Waals surface area contributed by atoms with Crippen LogP contribution in [0.4, 0.5) is 21.2 Å². The summed E-state index contributed by atoms with van der Waals surface area (Å²) in [5, 5.41) is 16.4. The standard InChI is InChI=1S/C33H42N8O6/c1-33(2,3)47-32(43)40-14-13-25(19-40)36-31(42)46-20-22-10-9-21(17-27(22)44-5)29-37-30(39(4)38-29)35-24-11-12-26-23(16-24)18-34-41(26)28-8-6-7-15-45-28/h9-12,16-18,25,28H,6-8,13-15,19-20H2,1-5H3,(H,36,42)(H,35,37,38). The topological polar surface area (TPSA) is 147 Å². The van der Waals surface area contributed by atoms with Crippen LogP contribution in [0.15, 0.2) is 42.6 Å². The Hall–Kier alpha value is -4.85. The SMILES string of the molecule is COc1cc(-c2nc(Nc3ccc4c(cnn4C4CCCCO4)c3)n(C)n2)ccc1COC(=O)NC1CCN(C(=O)OC(C)(C)C)C1. The van der Waals surface area contributed by atoms with E-state index in [4.69, 9.17) is 23.9 Å². The second-order valence-corrected chi connectivity index (χ2v) is 12.9. The molecule has 2 N–H and O–H groups in total. The van der Waals surface area contributed by atoms with E-state index >= 15 is 0 Å². The van der Waals surface area contributed by atoms with Gasteiger partial charge in [-0.3, -0.25) is 0 Å². The zero-order valence-corrected chi connectivity index (χ0v) is 27.5. The fraction of sp³-hybridized carbons (Fsp3) is 0.485. The smallest absolute Gasteiger partial charge is 0.410 e. The Morgan fingerprint density at radius 2 is 1.96 bits per heavy atom. The van der Waals surface area contributed by atoms with E-state index in [2.05, 4.69) is 20.8 Å². The summed E-state index contributed by atoms with van der Waals surface area (Å²) in [4.78, 5) is 31.2. The minimum absolute atomic E-state index is 0.00612. The molecule has 14 nitrogen and oxygen atoms in total. The summed E-state index contributed by atoms with van der Waals surface area (Å²) in [6.07, 6.45) is 4.69. The van der Waals surface area contributed by atoms with Crippen LogP contribution in [-0.2, 0) is 27.9 Å². The predicted molar refractivity (Wildman–Crippen MR) is 174 cm³/mol. The third kappa shape index (κ3) is 7.59. The van der Waals surface area contributed by atoms with Crippen molar-refractivity contribution in [1.29, 1.82) is 0 Å². The molecule has 0 spiro atoms. The lowest BCUT2D eigenvalue weighted by Gasteiger charge is -2.24. The number of methoxy groups -OCH3 is 1. The quantitative estimate of drug-likeness (QED) is 0.251. The van der Waals surface area contributed by atoms with Crippen LogP contribution in [0.2, 0.25) is 0 Å². The lowest BCUT2D eigenvalue weighted by molar-refractivity contribution is -0.0366. The number of anilines is 2. The molecule has 0 saturated carbocycles. The Balaban J connectivity index is 1.06. The van der Waals surface area contributed by atoms with E-state index in [0.717, 1.165) is 48.0 Å². The molecule has 4 aromatic rings. The number of benzene rings is 2. The summed E-state index contributed by atoms with van der Waals surface area (Å²) in [6, 6.07) is 11.4. The molecular formula is C33H42N8O6. The van der Waals surface area contributed by atoms with Crippen molar-refractivity contribution in [2.24, 2.45) is 7.05 Å². The molecule has 2 saturated heterocycles. The number of carbonyl (C=O) groups excluding carboxylic acids is 2. The minimum Gasteiger partial charge on any atom is -0.496 e. The van der Waals surface area contributed by atoms with Gasteiger partial charge in [0.15, 0.2) is 12.1 Å². The number of amides is 2. The van der Waals surface area contributed by atoms with Crippen LogP contribution in [0.3, 0.4) is 0 Å². The fourth-order valence-corrected chi connectivity index (χ4v) is 5.75. The van der Waals surface area contributed by atoms with Gasteiger partial charge in [-0.25, -0.2) is 19.0 Å². The first-order valence-corrected chi connectivity index (χ1v) is 15.9. The van der Waals surface area contributed by atoms with Gasteiger partial charge in [0.25, 0.3) is 0 Å². The number of alkyl carbamates (subject to hydrolysis) is 1. The third-order valence-electron chi connectivity index (χ3n) is 8.11. The number of rotatable bonds is 8. The van der Waals surface area contributed by atoms with E-state index in [9.17, 15) is 9.59 Å². The molecule has 6 rings (SSSR count). The molecule has 2 amide bonds. The maximum Gasteiger partial charge on any atom is 0.410 e. The predicted octanol–water partition coefficient (Wildman–Crippen LogP) is 5.52. The van der Waals surface area contributed by atoms with Crippen LogP contribution >= 0.6 is 0 Å². The van der Waals surface area contributed by atoms with Gasteiger partial charge in [-0.15, -0.1) is 5.10 Å². The first-order chi connectivity index (χ1) is 22.6. The van der Waals surface area contributed by atoms with Gasteiger partial charge < -0.3 is 34.5 Å². The Bertz CT molecular complexity index is 1740. The lowest BCUT2D eigenvalue weighted by atomic mass is 10.1. The number of hydrogen-bond acceptors (Lipinski definition) is 10. The Morgan fingerprint density at radius 1 is 1.11 bits per heavy atom. The van der Waals surface area contributed by atoms with Gasteiger partial charge >= 0.3 is 12.2 Å². The van der Waals surface area contributed by atoms with E-state index in [0.29, 0.717) is 42.6 Å². The molecule has 2 aliphatic heterocycles. The molecule has 0 bridgehead atoms. The Morgan fingerprint density at radius 3 is 2.72 bits per heavy atom. The van der Waals surface area contributed by atoms with Crippen molar-refractivity contribution in [2.45, 2.75) is 70.9 Å². The van der Waals surface area contributed by atoms with Crippen molar-refractivity contribution in [2.75, 3.05) is 32.1 Å². The van der Waals surface area contributed by atoms with Gasteiger partial charge in [-0.1, -0.05) is 12.1 Å². The van der Waals surface area contributed by atoms with Crippen LogP contribution in [-0.4, -0.2) is 80.1 Å². The van der Waals surface area contributed by atoms with E-state index in [1.165, 1.54) is 0 Å². The summed E-state index contributed by atoms with van der Waals surface area (Å²) in [5.74, 6) is 1.62. The second kappa shape index (κ2) is 13.5. The van der Waals surface area contributed by atoms with Crippen molar-refractivity contribution in [3.05, 3.63) is 48.2 Å². The van der Waals surface area contributed by atoms with Gasteiger partial charge in [-0.05, 0) is 70.7 Å². The molecule has 2 aliphatic rings. The van der Waals surface area contributed by atoms with Gasteiger partial charge in [0.05, 0.1) is 24.9 Å². The molecule has 47 heavy (non-hydrogen) atoms. The highest BCUT2D eigenvalue weighted by atomic mass is 16.6. The second-order valence-electron chi connectivity index (χ2n) is 12.9. The van der Waals surface area contributed by atoms with Crippen molar-refractivity contribution in [3.8, 4) is 17.1 Å². The average molecular weight is 647 g/mol. The highest BCUT2D eigenvalue weighted by Gasteiger charge is 2.31. The summed E-state index contributed by atoms with van der Waals surface area (Å²) in [7, 11) is 3.38. The number of hydrogen-bond donors (Lipinski definition) is 2. The Labute approximate surface area is 273 Å². The van der Waals surface area contributed by atoms with E-state index < -0.39 is 11.7 Å². The van der Waals surface area contributed by atoms with Gasteiger partial charge in [-0.2, -0.15) is 10.1 Å². The molecule has 2 aromatic carbocycles. The first kappa shape index (κ1) is 32.1. The summed E-state index contributed by atoms with van der Waals surface area (Å²) < 4.78 is 26.1. The van der Waals surface area contributed by atoms with Crippen LogP contribution in [0.5, 0.6) is 5.75 Å². The third-order valence-corrected chi connectivity index (χ3v) is 8.11. The molecule has 14 heteroatoms. The minimum atomic E-state index is -0.575. The van der Waals surface area contributed by atoms with Crippen molar-refractivity contribution >= 4 is 34.7 Å². The number of nitrogens with zero attached hydrogens (tertiary/aromatic N) is 6. The van der Waals surface area contributed by atoms with Crippen LogP contribution < -0.4 is 15.4 Å². The van der Waals surface area contributed by atoms with Gasteiger partial charge in [0.2, 0.25) is 5.95 Å². The highest BCUT2D eigenvalue weighted by molar-refractivity contribution is 5.83. The largest absolute Gasteiger partial charge is 0.496 e. The molecule has 250 valence electrons. The average Bonchev–Trinajstić information content (AvgIpc) is 3.78. The zero-order chi connectivity index (χ0) is 33.1. The number of aromatic nitrogens is 5. The first-order valence-electron chi connectivity index (χ1n) is 15.9. The van der Waals surface area contributed by atoms with Crippen molar-refractivity contribution in [3.63, 3.8) is 0 Å². The molecule has 0 aliphatic carbocycles. The Kier molecular flexibility index (Phi) is 9.21. The molecule has 2 atom stereocenters. The highest BCUT2D eigenvalue weighted by Crippen LogP contribution is 2.30. The molecule has 2 aromatic heterocycles. The number of nitrogens with one attached hydrogen (secondary N) is 2. The molecule has 2 unspecified atom stereocenters. The normalized spacial score (nSPS) is 18.3. The maximum atomic E-state index is 12.6. The summed E-state index contributed by atoms with van der Waals surface area (Å²) in [6.45, 7) is 7.11. The van der Waals surface area contributed by atoms with Crippen molar-refractivity contribution in [1.82, 2.24) is 34.8 Å². The maximum absolute atomic E-state index is 12.6. The van der Waals surface area contributed by atoms with Gasteiger partial charge in [0.1, 0.15) is 18.0 Å². The molecule has 0 radical (unpaired) electrons. The van der Waals surface area contributed by atoms with Crippen LogP contribution in [0, 0.1) is 0 Å².